The van der Waals surface area contributed by atoms with Gasteiger partial charge in [0.25, 0.3) is 5.91 Å². The summed E-state index contributed by atoms with van der Waals surface area (Å²) in [6, 6.07) is 10.6. The number of aromatic amines is 1. The van der Waals surface area contributed by atoms with Gasteiger partial charge in [0.2, 0.25) is 0 Å². The molecule has 5 nitrogen and oxygen atoms in total. The van der Waals surface area contributed by atoms with Gasteiger partial charge < -0.3 is 10.6 Å². The number of H-pyrrole nitrogens is 1. The predicted molar refractivity (Wildman–Crippen MR) is 127 cm³/mol. The fourth-order valence-corrected chi connectivity index (χ4v) is 4.66. The molecule has 1 amide bonds. The first kappa shape index (κ1) is 25.0. The zero-order chi connectivity index (χ0) is 25.2. The van der Waals surface area contributed by atoms with Crippen LogP contribution in [0.4, 0.5) is 23.4 Å². The average Bonchev–Trinajstić information content (AvgIpc) is 3.27. The molecule has 1 fully saturated rings. The van der Waals surface area contributed by atoms with E-state index in [1.807, 2.05) is 6.07 Å². The molecule has 2 aromatic carbocycles. The molecule has 1 heterocycles. The molecular formula is C25H25ClF4N4O. The van der Waals surface area contributed by atoms with E-state index in [0.29, 0.717) is 31.1 Å². The Kier molecular flexibility index (Phi) is 7.35. The quantitative estimate of drug-likeness (QED) is 0.331. The third-order valence-electron chi connectivity index (χ3n) is 6.50. The Balaban J connectivity index is 1.30. The number of aromatic nitrogens is 2. The van der Waals surface area contributed by atoms with Crippen molar-refractivity contribution in [2.45, 2.75) is 38.4 Å². The van der Waals surface area contributed by atoms with E-state index in [9.17, 15) is 22.4 Å². The normalized spacial score (nSPS) is 20.5. The third-order valence-corrected chi connectivity index (χ3v) is 6.83. The SMILES string of the molecule is CC1C[C@@H](NC(=O)c2cc(C(F)(F)F)ccc2Cl)CC[C@@H]1CNc1cc(-c2ccc(F)cc2)[nH]n1. The minimum atomic E-state index is -4.55. The maximum atomic E-state index is 13.1. The molecule has 1 aliphatic rings. The summed E-state index contributed by atoms with van der Waals surface area (Å²) in [4.78, 5) is 12.6. The van der Waals surface area contributed by atoms with Crippen LogP contribution in [0.5, 0.6) is 0 Å². The largest absolute Gasteiger partial charge is 0.416 e. The maximum Gasteiger partial charge on any atom is 0.416 e. The van der Waals surface area contributed by atoms with Gasteiger partial charge in [-0.2, -0.15) is 18.3 Å². The smallest absolute Gasteiger partial charge is 0.368 e. The topological polar surface area (TPSA) is 69.8 Å². The Labute approximate surface area is 205 Å². The number of hydrogen-bond acceptors (Lipinski definition) is 3. The number of hydrogen-bond donors (Lipinski definition) is 3. The first-order valence-corrected chi connectivity index (χ1v) is 11.7. The molecule has 4 rings (SSSR count). The lowest BCUT2D eigenvalue weighted by molar-refractivity contribution is -0.137. The Morgan fingerprint density at radius 2 is 1.89 bits per heavy atom. The maximum absolute atomic E-state index is 13.1. The molecule has 1 aliphatic carbocycles. The molecule has 0 saturated heterocycles. The van der Waals surface area contributed by atoms with Crippen molar-refractivity contribution in [3.63, 3.8) is 0 Å². The molecular weight excluding hydrogens is 484 g/mol. The van der Waals surface area contributed by atoms with Crippen LogP contribution >= 0.6 is 11.6 Å². The first-order chi connectivity index (χ1) is 16.6. The summed E-state index contributed by atoms with van der Waals surface area (Å²) in [5, 5.41) is 13.4. The van der Waals surface area contributed by atoms with E-state index >= 15 is 0 Å². The molecule has 3 N–H and O–H groups in total. The molecule has 186 valence electrons. The van der Waals surface area contributed by atoms with Crippen LogP contribution in [0.25, 0.3) is 11.3 Å². The van der Waals surface area contributed by atoms with Crippen LogP contribution in [0.3, 0.4) is 0 Å². The monoisotopic (exact) mass is 508 g/mol. The van der Waals surface area contributed by atoms with Gasteiger partial charge in [-0.15, -0.1) is 0 Å². The number of carbonyl (C=O) groups excluding carboxylic acids is 1. The molecule has 0 radical (unpaired) electrons. The number of benzene rings is 2. The zero-order valence-electron chi connectivity index (χ0n) is 18.9. The van der Waals surface area contributed by atoms with Crippen molar-refractivity contribution in [1.82, 2.24) is 15.5 Å². The number of nitrogens with zero attached hydrogens (tertiary/aromatic N) is 1. The second kappa shape index (κ2) is 10.3. The minimum Gasteiger partial charge on any atom is -0.368 e. The van der Waals surface area contributed by atoms with Crippen LogP contribution in [0.2, 0.25) is 5.02 Å². The van der Waals surface area contributed by atoms with Crippen molar-refractivity contribution < 1.29 is 22.4 Å². The van der Waals surface area contributed by atoms with E-state index in [0.717, 1.165) is 35.9 Å². The van der Waals surface area contributed by atoms with Crippen LogP contribution in [-0.4, -0.2) is 28.7 Å². The van der Waals surface area contributed by atoms with Crippen molar-refractivity contribution in [2.24, 2.45) is 11.8 Å². The number of anilines is 1. The molecule has 10 heteroatoms. The second-order valence-electron chi connectivity index (χ2n) is 8.97. The first-order valence-electron chi connectivity index (χ1n) is 11.3. The molecule has 0 bridgehead atoms. The molecule has 1 aromatic heterocycles. The van der Waals surface area contributed by atoms with Gasteiger partial charge in [-0.3, -0.25) is 9.89 Å². The summed E-state index contributed by atoms with van der Waals surface area (Å²) in [7, 11) is 0. The number of amides is 1. The van der Waals surface area contributed by atoms with Crippen LogP contribution < -0.4 is 10.6 Å². The average molecular weight is 509 g/mol. The highest BCUT2D eigenvalue weighted by atomic mass is 35.5. The second-order valence-corrected chi connectivity index (χ2v) is 9.38. The molecule has 0 spiro atoms. The lowest BCUT2D eigenvalue weighted by Crippen LogP contribution is -2.41. The third kappa shape index (κ3) is 6.14. The van der Waals surface area contributed by atoms with Gasteiger partial charge in [-0.1, -0.05) is 18.5 Å². The van der Waals surface area contributed by atoms with Crippen LogP contribution in [0, 0.1) is 17.7 Å². The molecule has 3 atom stereocenters. The molecule has 1 saturated carbocycles. The number of alkyl halides is 3. The van der Waals surface area contributed by atoms with Crippen molar-refractivity contribution in [2.75, 3.05) is 11.9 Å². The lowest BCUT2D eigenvalue weighted by atomic mass is 9.78. The molecule has 35 heavy (non-hydrogen) atoms. The summed E-state index contributed by atoms with van der Waals surface area (Å²) < 4.78 is 52.2. The van der Waals surface area contributed by atoms with Crippen molar-refractivity contribution >= 4 is 23.3 Å². The van der Waals surface area contributed by atoms with Gasteiger partial charge in [0.1, 0.15) is 11.6 Å². The highest BCUT2D eigenvalue weighted by Gasteiger charge is 2.33. The van der Waals surface area contributed by atoms with Gasteiger partial charge in [0, 0.05) is 18.7 Å². The Morgan fingerprint density at radius 1 is 1.14 bits per heavy atom. The van der Waals surface area contributed by atoms with E-state index in [2.05, 4.69) is 27.8 Å². The molecule has 3 aromatic rings. The van der Waals surface area contributed by atoms with Gasteiger partial charge >= 0.3 is 6.18 Å². The van der Waals surface area contributed by atoms with Crippen LogP contribution in [0.15, 0.2) is 48.5 Å². The van der Waals surface area contributed by atoms with Gasteiger partial charge in [-0.25, -0.2) is 4.39 Å². The Bertz CT molecular complexity index is 1180. The highest BCUT2D eigenvalue weighted by Crippen LogP contribution is 2.33. The zero-order valence-corrected chi connectivity index (χ0v) is 19.7. The molecule has 0 aliphatic heterocycles. The Hall–Kier alpha value is -3.07. The fraction of sp³-hybridized carbons (Fsp3) is 0.360. The minimum absolute atomic E-state index is 0.0135. The van der Waals surface area contributed by atoms with E-state index < -0.39 is 17.6 Å². The van der Waals surface area contributed by atoms with E-state index in [-0.39, 0.29) is 28.4 Å². The summed E-state index contributed by atoms with van der Waals surface area (Å²) in [5.41, 5.74) is 0.530. The summed E-state index contributed by atoms with van der Waals surface area (Å²) in [6.45, 7) is 2.78. The Morgan fingerprint density at radius 3 is 2.57 bits per heavy atom. The fourth-order valence-electron chi connectivity index (χ4n) is 4.46. The summed E-state index contributed by atoms with van der Waals surface area (Å²) >= 11 is 6.00. The number of halogens is 5. The number of rotatable bonds is 6. The van der Waals surface area contributed by atoms with Gasteiger partial charge in [0.15, 0.2) is 0 Å². The van der Waals surface area contributed by atoms with Crippen molar-refractivity contribution in [3.8, 4) is 11.3 Å². The van der Waals surface area contributed by atoms with Crippen LogP contribution in [-0.2, 0) is 6.18 Å². The highest BCUT2D eigenvalue weighted by molar-refractivity contribution is 6.33. The summed E-state index contributed by atoms with van der Waals surface area (Å²) in [5.74, 6) is 0.400. The number of nitrogens with one attached hydrogen (secondary N) is 3. The van der Waals surface area contributed by atoms with Crippen molar-refractivity contribution in [3.05, 3.63) is 70.5 Å². The van der Waals surface area contributed by atoms with Gasteiger partial charge in [-0.05, 0) is 79.1 Å². The molecule has 1 unspecified atom stereocenters. The van der Waals surface area contributed by atoms with E-state index in [4.69, 9.17) is 11.6 Å². The standard InChI is InChI=1S/C25H25ClF4N4O/c1-14-10-19(32-24(35)20-11-17(25(28,29)30)5-9-21(20)26)8-4-16(14)13-31-23-12-22(33-34-23)15-2-6-18(27)7-3-15/h2-3,5-7,9,11-12,14,16,19H,4,8,10,13H2,1H3,(H,32,35)(H2,31,33,34)/t14?,16-,19+/m1/s1. The van der Waals surface area contributed by atoms with Gasteiger partial charge in [0.05, 0.1) is 21.8 Å². The van der Waals surface area contributed by atoms with Crippen LogP contribution in [0.1, 0.15) is 42.1 Å². The number of carbonyl (C=O) groups is 1. The van der Waals surface area contributed by atoms with E-state index in [1.54, 1.807) is 12.1 Å². The lowest BCUT2D eigenvalue weighted by Gasteiger charge is -2.34. The summed E-state index contributed by atoms with van der Waals surface area (Å²) in [6.07, 6.45) is -2.30. The predicted octanol–water partition coefficient (Wildman–Crippen LogP) is 6.53. The van der Waals surface area contributed by atoms with Crippen molar-refractivity contribution in [1.29, 1.82) is 0 Å². The van der Waals surface area contributed by atoms with E-state index in [1.165, 1.54) is 12.1 Å².